The largest absolute Gasteiger partial charge is 0.455 e. The molecule has 2 aromatic heterocycles. The number of nitrogens with zero attached hydrogens (tertiary/aromatic N) is 3. The van der Waals surface area contributed by atoms with Crippen molar-refractivity contribution in [1.29, 1.82) is 0 Å². The lowest BCUT2D eigenvalue weighted by molar-refractivity contribution is 0.165. The summed E-state index contributed by atoms with van der Waals surface area (Å²) in [5.41, 5.74) is 0.365. The molecule has 1 aromatic carbocycles. The topological polar surface area (TPSA) is 53.1 Å². The van der Waals surface area contributed by atoms with Gasteiger partial charge in [0.1, 0.15) is 24.0 Å². The number of furan rings is 1. The van der Waals surface area contributed by atoms with Crippen molar-refractivity contribution >= 4 is 11.6 Å². The monoisotopic (exact) mass is 335 g/mol. The van der Waals surface area contributed by atoms with Crippen molar-refractivity contribution in [3.63, 3.8) is 0 Å². The van der Waals surface area contributed by atoms with Crippen LogP contribution in [-0.2, 0) is 17.9 Å². The van der Waals surface area contributed by atoms with Crippen LogP contribution in [0.4, 0.5) is 4.39 Å². The maximum atomic E-state index is 14.0. The number of methoxy groups -OCH3 is 1. The van der Waals surface area contributed by atoms with Crippen molar-refractivity contribution in [2.24, 2.45) is 0 Å². The van der Waals surface area contributed by atoms with Gasteiger partial charge in [0, 0.05) is 17.7 Å². The first-order valence-corrected chi connectivity index (χ1v) is 7.38. The zero-order valence-corrected chi connectivity index (χ0v) is 13.5. The average molecular weight is 336 g/mol. The molecule has 3 aromatic rings. The summed E-state index contributed by atoms with van der Waals surface area (Å²) in [6.45, 7) is 2.30. The molecule has 120 valence electrons. The molecule has 0 bridgehead atoms. The van der Waals surface area contributed by atoms with Crippen molar-refractivity contribution in [2.45, 2.75) is 20.1 Å². The number of rotatable bonds is 5. The third-order valence-electron chi connectivity index (χ3n) is 3.32. The Hall–Kier alpha value is -2.18. The predicted octanol–water partition coefficient (Wildman–Crippen LogP) is 3.83. The van der Waals surface area contributed by atoms with Crippen LogP contribution < -0.4 is 0 Å². The molecule has 0 aliphatic heterocycles. The van der Waals surface area contributed by atoms with Gasteiger partial charge in [-0.1, -0.05) is 17.7 Å². The second-order valence-electron chi connectivity index (χ2n) is 5.04. The van der Waals surface area contributed by atoms with Crippen LogP contribution in [0.15, 0.2) is 34.7 Å². The van der Waals surface area contributed by atoms with Gasteiger partial charge in [-0.15, -0.1) is 0 Å². The Morgan fingerprint density at radius 1 is 1.30 bits per heavy atom. The lowest BCUT2D eigenvalue weighted by Crippen LogP contribution is -2.06. The summed E-state index contributed by atoms with van der Waals surface area (Å²) in [6, 6.07) is 8.18. The number of aromatic nitrogens is 3. The molecule has 0 aliphatic rings. The SMILES string of the molecule is COCc1ccc(-c2nc(C)nn2Cc2c(F)cccc2Cl)o1. The predicted molar refractivity (Wildman–Crippen MR) is 83.7 cm³/mol. The summed E-state index contributed by atoms with van der Waals surface area (Å²) in [6.07, 6.45) is 0. The van der Waals surface area contributed by atoms with Crippen LogP contribution in [0, 0.1) is 12.7 Å². The molecular weight excluding hydrogens is 321 g/mol. The number of benzene rings is 1. The summed E-state index contributed by atoms with van der Waals surface area (Å²) >= 11 is 6.09. The number of aryl methyl sites for hydroxylation is 1. The van der Waals surface area contributed by atoms with Gasteiger partial charge in [-0.05, 0) is 31.2 Å². The van der Waals surface area contributed by atoms with E-state index in [1.165, 1.54) is 6.07 Å². The zero-order chi connectivity index (χ0) is 16.4. The molecule has 0 saturated carbocycles. The van der Waals surface area contributed by atoms with Crippen LogP contribution in [-0.4, -0.2) is 21.9 Å². The highest BCUT2D eigenvalue weighted by Crippen LogP contribution is 2.25. The maximum Gasteiger partial charge on any atom is 0.194 e. The van der Waals surface area contributed by atoms with E-state index < -0.39 is 0 Å². The van der Waals surface area contributed by atoms with Crippen LogP contribution in [0.25, 0.3) is 11.6 Å². The minimum Gasteiger partial charge on any atom is -0.455 e. The summed E-state index contributed by atoms with van der Waals surface area (Å²) in [5, 5.41) is 4.66. The molecule has 0 aliphatic carbocycles. The molecule has 0 spiro atoms. The first-order chi connectivity index (χ1) is 11.1. The minimum absolute atomic E-state index is 0.169. The van der Waals surface area contributed by atoms with E-state index in [9.17, 15) is 4.39 Å². The van der Waals surface area contributed by atoms with E-state index in [0.717, 1.165) is 0 Å². The highest BCUT2D eigenvalue weighted by Gasteiger charge is 2.17. The first kappa shape index (κ1) is 15.7. The maximum absolute atomic E-state index is 14.0. The lowest BCUT2D eigenvalue weighted by atomic mass is 10.2. The Balaban J connectivity index is 1.97. The van der Waals surface area contributed by atoms with Gasteiger partial charge in [0.05, 0.1) is 6.54 Å². The zero-order valence-electron chi connectivity index (χ0n) is 12.7. The van der Waals surface area contributed by atoms with Gasteiger partial charge >= 0.3 is 0 Å². The first-order valence-electron chi connectivity index (χ1n) is 7.01. The Kier molecular flexibility index (Phi) is 4.45. The van der Waals surface area contributed by atoms with E-state index in [1.807, 2.05) is 6.07 Å². The molecule has 0 fully saturated rings. The van der Waals surface area contributed by atoms with Crippen molar-refractivity contribution in [3.05, 3.63) is 58.3 Å². The van der Waals surface area contributed by atoms with Gasteiger partial charge in [-0.2, -0.15) is 5.10 Å². The van der Waals surface area contributed by atoms with Gasteiger partial charge in [0.25, 0.3) is 0 Å². The molecular formula is C16H15ClFN3O2. The van der Waals surface area contributed by atoms with Crippen LogP contribution in [0.2, 0.25) is 5.02 Å². The molecule has 5 nitrogen and oxygen atoms in total. The van der Waals surface area contributed by atoms with Crippen molar-refractivity contribution in [3.8, 4) is 11.6 Å². The third-order valence-corrected chi connectivity index (χ3v) is 3.67. The van der Waals surface area contributed by atoms with Crippen molar-refractivity contribution < 1.29 is 13.5 Å². The van der Waals surface area contributed by atoms with E-state index in [0.29, 0.717) is 40.4 Å². The molecule has 0 atom stereocenters. The molecule has 0 amide bonds. The third kappa shape index (κ3) is 3.28. The van der Waals surface area contributed by atoms with Crippen molar-refractivity contribution in [2.75, 3.05) is 7.11 Å². The number of hydrogen-bond acceptors (Lipinski definition) is 4. The van der Waals surface area contributed by atoms with Gasteiger partial charge in [-0.3, -0.25) is 0 Å². The average Bonchev–Trinajstić information content (AvgIpc) is 3.10. The molecule has 23 heavy (non-hydrogen) atoms. The summed E-state index contributed by atoms with van der Waals surface area (Å²) in [5.74, 6) is 1.93. The number of ether oxygens (including phenoxy) is 1. The van der Waals surface area contributed by atoms with Crippen LogP contribution >= 0.6 is 11.6 Å². The fourth-order valence-electron chi connectivity index (χ4n) is 2.30. The van der Waals surface area contributed by atoms with Gasteiger partial charge < -0.3 is 9.15 Å². The molecule has 0 radical (unpaired) electrons. The van der Waals surface area contributed by atoms with E-state index in [1.54, 1.807) is 36.9 Å². The fraction of sp³-hybridized carbons (Fsp3) is 0.250. The molecule has 0 unspecified atom stereocenters. The van der Waals surface area contributed by atoms with Crippen LogP contribution in [0.5, 0.6) is 0 Å². The van der Waals surface area contributed by atoms with Crippen LogP contribution in [0.1, 0.15) is 17.1 Å². The second kappa shape index (κ2) is 6.52. The molecule has 0 N–H and O–H groups in total. The normalized spacial score (nSPS) is 11.1. The second-order valence-corrected chi connectivity index (χ2v) is 5.45. The Labute approximate surface area is 137 Å². The van der Waals surface area contributed by atoms with Gasteiger partial charge in [-0.25, -0.2) is 14.1 Å². The number of hydrogen-bond donors (Lipinski definition) is 0. The Morgan fingerprint density at radius 2 is 2.13 bits per heavy atom. The Bertz CT molecular complexity index is 808. The van der Waals surface area contributed by atoms with E-state index >= 15 is 0 Å². The molecule has 7 heteroatoms. The smallest absolute Gasteiger partial charge is 0.194 e. The van der Waals surface area contributed by atoms with E-state index in [-0.39, 0.29) is 12.4 Å². The van der Waals surface area contributed by atoms with Crippen LogP contribution in [0.3, 0.4) is 0 Å². The number of halogens is 2. The fourth-order valence-corrected chi connectivity index (χ4v) is 2.52. The molecule has 0 saturated heterocycles. The lowest BCUT2D eigenvalue weighted by Gasteiger charge is -2.07. The highest BCUT2D eigenvalue weighted by atomic mass is 35.5. The van der Waals surface area contributed by atoms with Gasteiger partial charge in [0.15, 0.2) is 11.6 Å². The standard InChI is InChI=1S/C16H15ClFN3O2/c1-10-19-16(15-7-6-11(23-15)9-22-2)21(20-10)8-12-13(17)4-3-5-14(12)18/h3-7H,8-9H2,1-2H3. The quantitative estimate of drug-likeness (QED) is 0.711. The molecule has 2 heterocycles. The Morgan fingerprint density at radius 3 is 2.87 bits per heavy atom. The summed E-state index contributed by atoms with van der Waals surface area (Å²) in [7, 11) is 1.59. The van der Waals surface area contributed by atoms with Gasteiger partial charge in [0.2, 0.25) is 0 Å². The summed E-state index contributed by atoms with van der Waals surface area (Å²) in [4.78, 5) is 4.36. The van der Waals surface area contributed by atoms with E-state index in [2.05, 4.69) is 10.1 Å². The molecule has 3 rings (SSSR count). The summed E-state index contributed by atoms with van der Waals surface area (Å²) < 4.78 is 26.3. The van der Waals surface area contributed by atoms with Crippen molar-refractivity contribution in [1.82, 2.24) is 14.8 Å². The minimum atomic E-state index is -0.379. The highest BCUT2D eigenvalue weighted by molar-refractivity contribution is 6.31. The van der Waals surface area contributed by atoms with E-state index in [4.69, 9.17) is 20.8 Å².